The summed E-state index contributed by atoms with van der Waals surface area (Å²) in [6.45, 7) is 8.71. The van der Waals surface area contributed by atoms with E-state index in [2.05, 4.69) is 23.6 Å². The Morgan fingerprint density at radius 3 is 2.50 bits per heavy atom. The normalized spacial score (nSPS) is 18.7. The maximum absolute atomic E-state index is 11.1. The van der Waals surface area contributed by atoms with Crippen LogP contribution in [-0.2, 0) is 0 Å². The molecule has 1 atom stereocenters. The summed E-state index contributed by atoms with van der Waals surface area (Å²) in [7, 11) is 0. The number of para-hydroxylation sites is 1. The minimum absolute atomic E-state index is 0.661. The Balaban J connectivity index is 2.03. The predicted molar refractivity (Wildman–Crippen MR) is 75.4 cm³/mol. The van der Waals surface area contributed by atoms with Crippen LogP contribution < -0.4 is 4.90 Å². The predicted octanol–water partition coefficient (Wildman–Crippen LogP) is 2.42. The molecule has 1 unspecified atom stereocenters. The number of hydrogen-bond donors (Lipinski definition) is 0. The van der Waals surface area contributed by atoms with E-state index in [4.69, 9.17) is 0 Å². The zero-order chi connectivity index (χ0) is 13.0. The number of carbonyl (C=O) groups is 1. The Bertz CT molecular complexity index is 397. The lowest BCUT2D eigenvalue weighted by molar-refractivity contribution is 0.112. The second-order valence-corrected chi connectivity index (χ2v) is 4.96. The van der Waals surface area contributed by atoms with Crippen molar-refractivity contribution >= 4 is 12.0 Å². The highest BCUT2D eigenvalue weighted by Gasteiger charge is 2.21. The van der Waals surface area contributed by atoms with Gasteiger partial charge >= 0.3 is 0 Å². The lowest BCUT2D eigenvalue weighted by atomic mass is 10.1. The fourth-order valence-corrected chi connectivity index (χ4v) is 2.54. The molecule has 1 aliphatic heterocycles. The third-order valence-electron chi connectivity index (χ3n) is 3.93. The molecule has 0 N–H and O–H groups in total. The van der Waals surface area contributed by atoms with Gasteiger partial charge in [0.1, 0.15) is 0 Å². The summed E-state index contributed by atoms with van der Waals surface area (Å²) in [5.41, 5.74) is 1.88. The van der Waals surface area contributed by atoms with Gasteiger partial charge in [-0.25, -0.2) is 0 Å². The molecule has 0 amide bonds. The Morgan fingerprint density at radius 2 is 1.89 bits per heavy atom. The molecule has 98 valence electrons. The van der Waals surface area contributed by atoms with Crippen molar-refractivity contribution in [3.8, 4) is 0 Å². The summed E-state index contributed by atoms with van der Waals surface area (Å²) in [4.78, 5) is 15.9. The Hall–Kier alpha value is -1.35. The van der Waals surface area contributed by atoms with E-state index in [1.165, 1.54) is 6.42 Å². The van der Waals surface area contributed by atoms with E-state index in [1.54, 1.807) is 0 Å². The van der Waals surface area contributed by atoms with Crippen LogP contribution in [0.25, 0.3) is 0 Å². The fraction of sp³-hybridized carbons (Fsp3) is 0.533. The molecule has 3 heteroatoms. The molecule has 0 radical (unpaired) electrons. The third-order valence-corrected chi connectivity index (χ3v) is 3.93. The SMILES string of the molecule is CCC(C)N1CCN(c2ccccc2C=O)CC1. The third kappa shape index (κ3) is 2.72. The van der Waals surface area contributed by atoms with E-state index in [0.717, 1.165) is 43.7 Å². The van der Waals surface area contributed by atoms with Crippen molar-refractivity contribution in [1.29, 1.82) is 0 Å². The van der Waals surface area contributed by atoms with Crippen LogP contribution >= 0.6 is 0 Å². The van der Waals surface area contributed by atoms with E-state index < -0.39 is 0 Å². The summed E-state index contributed by atoms with van der Waals surface area (Å²) in [6, 6.07) is 8.52. The van der Waals surface area contributed by atoms with E-state index >= 15 is 0 Å². The molecule has 1 aromatic carbocycles. The Kier molecular flexibility index (Phi) is 4.37. The number of benzene rings is 1. The van der Waals surface area contributed by atoms with E-state index in [-0.39, 0.29) is 0 Å². The molecule has 1 aromatic rings. The van der Waals surface area contributed by atoms with Crippen molar-refractivity contribution in [2.24, 2.45) is 0 Å². The van der Waals surface area contributed by atoms with Gasteiger partial charge in [-0.15, -0.1) is 0 Å². The van der Waals surface area contributed by atoms with Gasteiger partial charge in [-0.1, -0.05) is 19.1 Å². The first kappa shape index (κ1) is 13.1. The molecule has 18 heavy (non-hydrogen) atoms. The lowest BCUT2D eigenvalue weighted by Gasteiger charge is -2.39. The molecule has 0 aliphatic carbocycles. The fourth-order valence-electron chi connectivity index (χ4n) is 2.54. The van der Waals surface area contributed by atoms with Gasteiger partial charge in [-0.2, -0.15) is 0 Å². The van der Waals surface area contributed by atoms with Gasteiger partial charge in [0.2, 0.25) is 0 Å². The zero-order valence-corrected chi connectivity index (χ0v) is 11.3. The average Bonchev–Trinajstić information content (AvgIpc) is 2.46. The maximum atomic E-state index is 11.1. The summed E-state index contributed by atoms with van der Waals surface area (Å²) in [6.07, 6.45) is 2.15. The number of rotatable bonds is 4. The van der Waals surface area contributed by atoms with Gasteiger partial charge in [0.15, 0.2) is 6.29 Å². The van der Waals surface area contributed by atoms with Crippen molar-refractivity contribution in [2.45, 2.75) is 26.3 Å². The van der Waals surface area contributed by atoms with Crippen LogP contribution in [-0.4, -0.2) is 43.4 Å². The molecule has 0 bridgehead atoms. The first-order valence-corrected chi connectivity index (χ1v) is 6.79. The monoisotopic (exact) mass is 246 g/mol. The Morgan fingerprint density at radius 1 is 1.22 bits per heavy atom. The number of aldehydes is 1. The molecule has 0 aromatic heterocycles. The molecule has 0 saturated carbocycles. The molecule has 3 nitrogen and oxygen atoms in total. The largest absolute Gasteiger partial charge is 0.368 e. The number of anilines is 1. The molecule has 1 heterocycles. The minimum atomic E-state index is 0.661. The first-order chi connectivity index (χ1) is 8.76. The van der Waals surface area contributed by atoms with Crippen molar-refractivity contribution in [3.05, 3.63) is 29.8 Å². The van der Waals surface area contributed by atoms with Crippen molar-refractivity contribution in [1.82, 2.24) is 4.90 Å². The highest BCUT2D eigenvalue weighted by atomic mass is 16.1. The number of hydrogen-bond acceptors (Lipinski definition) is 3. The number of piperazine rings is 1. The van der Waals surface area contributed by atoms with Crippen molar-refractivity contribution in [3.63, 3.8) is 0 Å². The highest BCUT2D eigenvalue weighted by Crippen LogP contribution is 2.21. The molecular formula is C15H22N2O. The topological polar surface area (TPSA) is 23.6 Å². The lowest BCUT2D eigenvalue weighted by Crippen LogP contribution is -2.49. The van der Waals surface area contributed by atoms with Gasteiger partial charge in [0.05, 0.1) is 0 Å². The zero-order valence-electron chi connectivity index (χ0n) is 11.3. The average molecular weight is 246 g/mol. The van der Waals surface area contributed by atoms with Gasteiger partial charge in [0, 0.05) is 43.5 Å². The summed E-state index contributed by atoms with van der Waals surface area (Å²) >= 11 is 0. The molecule has 2 rings (SSSR count). The number of carbonyl (C=O) groups excluding carboxylic acids is 1. The standard InChI is InChI=1S/C15H22N2O/c1-3-13(2)16-8-10-17(11-9-16)15-7-5-4-6-14(15)12-18/h4-7,12-13H,3,8-11H2,1-2H3. The quantitative estimate of drug-likeness (QED) is 0.762. The molecular weight excluding hydrogens is 224 g/mol. The van der Waals surface area contributed by atoms with E-state index in [1.807, 2.05) is 24.3 Å². The van der Waals surface area contributed by atoms with Gasteiger partial charge < -0.3 is 4.90 Å². The van der Waals surface area contributed by atoms with Crippen LogP contribution in [0.5, 0.6) is 0 Å². The van der Waals surface area contributed by atoms with Crippen LogP contribution in [0, 0.1) is 0 Å². The van der Waals surface area contributed by atoms with E-state index in [9.17, 15) is 4.79 Å². The van der Waals surface area contributed by atoms with E-state index in [0.29, 0.717) is 6.04 Å². The second kappa shape index (κ2) is 6.01. The van der Waals surface area contributed by atoms with Crippen LogP contribution in [0.15, 0.2) is 24.3 Å². The first-order valence-electron chi connectivity index (χ1n) is 6.79. The molecule has 1 aliphatic rings. The van der Waals surface area contributed by atoms with Crippen LogP contribution in [0.4, 0.5) is 5.69 Å². The van der Waals surface area contributed by atoms with Crippen LogP contribution in [0.1, 0.15) is 30.6 Å². The smallest absolute Gasteiger partial charge is 0.152 e. The van der Waals surface area contributed by atoms with Crippen molar-refractivity contribution in [2.75, 3.05) is 31.1 Å². The van der Waals surface area contributed by atoms with Crippen LogP contribution in [0.3, 0.4) is 0 Å². The minimum Gasteiger partial charge on any atom is -0.368 e. The number of nitrogens with zero attached hydrogens (tertiary/aromatic N) is 2. The maximum Gasteiger partial charge on any atom is 0.152 e. The Labute approximate surface area is 109 Å². The highest BCUT2D eigenvalue weighted by molar-refractivity contribution is 5.84. The molecule has 0 spiro atoms. The van der Waals surface area contributed by atoms with Crippen LogP contribution in [0.2, 0.25) is 0 Å². The summed E-state index contributed by atoms with van der Waals surface area (Å²) < 4.78 is 0. The summed E-state index contributed by atoms with van der Waals surface area (Å²) in [5.74, 6) is 0. The van der Waals surface area contributed by atoms with Gasteiger partial charge in [-0.05, 0) is 25.5 Å². The van der Waals surface area contributed by atoms with Crippen molar-refractivity contribution < 1.29 is 4.79 Å². The molecule has 1 saturated heterocycles. The second-order valence-electron chi connectivity index (χ2n) is 4.96. The molecule has 1 fully saturated rings. The summed E-state index contributed by atoms with van der Waals surface area (Å²) in [5, 5.41) is 0. The van der Waals surface area contributed by atoms with Gasteiger partial charge in [0.25, 0.3) is 0 Å². The van der Waals surface area contributed by atoms with Gasteiger partial charge in [-0.3, -0.25) is 9.69 Å².